The van der Waals surface area contributed by atoms with Crippen molar-refractivity contribution >= 4 is 11.6 Å². The van der Waals surface area contributed by atoms with E-state index in [0.717, 1.165) is 43.1 Å². The van der Waals surface area contributed by atoms with Gasteiger partial charge in [-0.15, -0.1) is 0 Å². The molecule has 6 atom stereocenters. The molecule has 1 amide bonds. The number of hydrogen-bond donors (Lipinski definition) is 2. The third kappa shape index (κ3) is 2.24. The summed E-state index contributed by atoms with van der Waals surface area (Å²) in [6, 6.07) is 0. The Morgan fingerprint density at radius 1 is 1.04 bits per heavy atom. The topological polar surface area (TPSA) is 67.5 Å². The molecule has 1 heterocycles. The van der Waals surface area contributed by atoms with E-state index in [9.17, 15) is 4.79 Å². The van der Waals surface area contributed by atoms with E-state index in [-0.39, 0.29) is 11.3 Å². The maximum absolute atomic E-state index is 12.0. The van der Waals surface area contributed by atoms with Gasteiger partial charge in [-0.05, 0) is 80.5 Å². The van der Waals surface area contributed by atoms with Gasteiger partial charge in [-0.1, -0.05) is 13.8 Å². The smallest absolute Gasteiger partial charge is 0.220 e. The second-order valence-electron chi connectivity index (χ2n) is 9.37. The first-order chi connectivity index (χ1) is 11.5. The summed E-state index contributed by atoms with van der Waals surface area (Å²) in [6.07, 6.45) is 10.6. The van der Waals surface area contributed by atoms with Crippen LogP contribution in [0.1, 0.15) is 71.6 Å². The van der Waals surface area contributed by atoms with E-state index in [1.54, 1.807) is 0 Å². The zero-order valence-electron chi connectivity index (χ0n) is 15.3. The minimum Gasteiger partial charge on any atom is -0.356 e. The second kappa shape index (κ2) is 5.74. The van der Waals surface area contributed by atoms with Gasteiger partial charge in [-0.3, -0.25) is 4.79 Å². The lowest BCUT2D eigenvalue weighted by Crippen LogP contribution is -2.53. The molecule has 0 bridgehead atoms. The van der Waals surface area contributed by atoms with Crippen molar-refractivity contribution in [2.24, 2.45) is 45.4 Å². The van der Waals surface area contributed by atoms with Gasteiger partial charge in [0.1, 0.15) is 0 Å². The fraction of sp³-hybridized carbons (Fsp3) is 0.900. The van der Waals surface area contributed by atoms with Gasteiger partial charge in [0.15, 0.2) is 0 Å². The molecule has 4 heteroatoms. The Hall–Kier alpha value is -1.06. The van der Waals surface area contributed by atoms with Crippen molar-refractivity contribution in [1.29, 1.82) is 0 Å². The average molecular weight is 332 g/mol. The Morgan fingerprint density at radius 2 is 1.88 bits per heavy atom. The fourth-order valence-electron chi connectivity index (χ4n) is 7.26. The Kier molecular flexibility index (Phi) is 3.92. The summed E-state index contributed by atoms with van der Waals surface area (Å²) in [4.78, 5) is 12.0. The molecule has 1 saturated heterocycles. The SMILES string of the molecule is C[C@]12CCC3C(CC[C@H]4CCNC(=O)CC[C@]34C)[C@@H]1CC/C2=N/N. The Labute approximate surface area is 146 Å². The summed E-state index contributed by atoms with van der Waals surface area (Å²) < 4.78 is 0. The van der Waals surface area contributed by atoms with E-state index in [1.165, 1.54) is 44.2 Å². The van der Waals surface area contributed by atoms with E-state index < -0.39 is 0 Å². The normalized spacial score (nSPS) is 50.2. The fourth-order valence-corrected chi connectivity index (χ4v) is 7.26. The van der Waals surface area contributed by atoms with E-state index in [1.807, 2.05) is 0 Å². The van der Waals surface area contributed by atoms with E-state index >= 15 is 0 Å². The monoisotopic (exact) mass is 331 g/mol. The molecule has 0 aromatic heterocycles. The highest BCUT2D eigenvalue weighted by Gasteiger charge is 2.58. The number of carbonyl (C=O) groups is 1. The number of hydrogen-bond acceptors (Lipinski definition) is 3. The van der Waals surface area contributed by atoms with Crippen LogP contribution in [0.15, 0.2) is 5.10 Å². The molecule has 4 rings (SSSR count). The van der Waals surface area contributed by atoms with Crippen LogP contribution < -0.4 is 11.2 Å². The van der Waals surface area contributed by atoms with Gasteiger partial charge in [0.2, 0.25) is 5.91 Å². The molecule has 0 aromatic rings. The van der Waals surface area contributed by atoms with Crippen LogP contribution in [-0.4, -0.2) is 18.2 Å². The van der Waals surface area contributed by atoms with Crippen LogP contribution >= 0.6 is 0 Å². The number of hydrazone groups is 1. The van der Waals surface area contributed by atoms with Crippen molar-refractivity contribution in [2.75, 3.05) is 6.54 Å². The van der Waals surface area contributed by atoms with Gasteiger partial charge in [0.05, 0.1) is 0 Å². The van der Waals surface area contributed by atoms with Crippen molar-refractivity contribution in [2.45, 2.75) is 71.6 Å². The molecular weight excluding hydrogens is 298 g/mol. The molecule has 4 aliphatic rings. The number of nitrogens with one attached hydrogen (secondary N) is 1. The van der Waals surface area contributed by atoms with Crippen LogP contribution in [0.5, 0.6) is 0 Å². The number of fused-ring (bicyclic) bond motifs is 5. The predicted molar refractivity (Wildman–Crippen MR) is 96.4 cm³/mol. The number of carbonyl (C=O) groups excluding carboxylic acids is 1. The van der Waals surface area contributed by atoms with Crippen LogP contribution in [0.4, 0.5) is 0 Å². The molecule has 134 valence electrons. The lowest BCUT2D eigenvalue weighted by Gasteiger charge is -2.59. The lowest BCUT2D eigenvalue weighted by molar-refractivity contribution is -0.127. The minimum atomic E-state index is 0.248. The highest BCUT2D eigenvalue weighted by atomic mass is 16.1. The molecule has 3 N–H and O–H groups in total. The van der Waals surface area contributed by atoms with Crippen molar-refractivity contribution < 1.29 is 4.79 Å². The highest BCUT2D eigenvalue weighted by molar-refractivity contribution is 5.92. The molecule has 2 unspecified atom stereocenters. The molecule has 24 heavy (non-hydrogen) atoms. The van der Waals surface area contributed by atoms with Crippen molar-refractivity contribution in [3.05, 3.63) is 0 Å². The Morgan fingerprint density at radius 3 is 2.67 bits per heavy atom. The van der Waals surface area contributed by atoms with Crippen molar-refractivity contribution in [3.8, 4) is 0 Å². The molecule has 4 nitrogen and oxygen atoms in total. The second-order valence-corrected chi connectivity index (χ2v) is 9.37. The van der Waals surface area contributed by atoms with Crippen LogP contribution in [0, 0.1) is 34.5 Å². The molecular formula is C20H33N3O. The lowest BCUT2D eigenvalue weighted by atomic mass is 9.46. The first-order valence-electron chi connectivity index (χ1n) is 10.0. The largest absolute Gasteiger partial charge is 0.356 e. The van der Waals surface area contributed by atoms with Crippen LogP contribution in [0.3, 0.4) is 0 Å². The molecule has 0 spiro atoms. The summed E-state index contributed by atoms with van der Waals surface area (Å²) in [5.41, 5.74) is 1.87. The van der Waals surface area contributed by atoms with E-state index in [4.69, 9.17) is 5.84 Å². The number of rotatable bonds is 0. The van der Waals surface area contributed by atoms with E-state index in [0.29, 0.717) is 11.8 Å². The zero-order chi connectivity index (χ0) is 16.9. The van der Waals surface area contributed by atoms with Gasteiger partial charge in [-0.25, -0.2) is 0 Å². The predicted octanol–water partition coefficient (Wildman–Crippen LogP) is 3.46. The minimum absolute atomic E-state index is 0.248. The maximum Gasteiger partial charge on any atom is 0.220 e. The third-order valence-corrected chi connectivity index (χ3v) is 8.67. The first-order valence-corrected chi connectivity index (χ1v) is 10.0. The molecule has 3 aliphatic carbocycles. The van der Waals surface area contributed by atoms with E-state index in [2.05, 4.69) is 24.3 Å². The molecule has 3 saturated carbocycles. The molecule has 0 radical (unpaired) electrons. The Balaban J connectivity index is 1.63. The summed E-state index contributed by atoms with van der Waals surface area (Å²) in [5.74, 6) is 9.13. The quantitative estimate of drug-likeness (QED) is 0.527. The first kappa shape index (κ1) is 16.4. The summed E-state index contributed by atoms with van der Waals surface area (Å²) in [5, 5.41) is 7.28. The van der Waals surface area contributed by atoms with Crippen LogP contribution in [-0.2, 0) is 4.79 Å². The Bertz CT molecular complexity index is 559. The van der Waals surface area contributed by atoms with Gasteiger partial charge in [-0.2, -0.15) is 5.10 Å². The molecule has 0 aromatic carbocycles. The number of nitrogens with zero attached hydrogens (tertiary/aromatic N) is 1. The van der Waals surface area contributed by atoms with Crippen molar-refractivity contribution in [3.63, 3.8) is 0 Å². The summed E-state index contributed by atoms with van der Waals surface area (Å²) in [7, 11) is 0. The summed E-state index contributed by atoms with van der Waals surface area (Å²) >= 11 is 0. The number of amides is 1. The average Bonchev–Trinajstić information content (AvgIpc) is 2.90. The summed E-state index contributed by atoms with van der Waals surface area (Å²) in [6.45, 7) is 5.82. The van der Waals surface area contributed by atoms with Crippen molar-refractivity contribution in [1.82, 2.24) is 5.32 Å². The zero-order valence-corrected chi connectivity index (χ0v) is 15.3. The maximum atomic E-state index is 12.0. The standard InChI is InChI=1S/C20H33N3O/c1-19-11-8-18(24)22-12-9-13(19)3-4-14-15-5-6-17(23-21)20(15,2)10-7-16(14)19/h13-16H,3-12,21H2,1-2H3,(H,22,24)/b23-17-/t13-,14?,15-,16?,19-,20-/m0/s1. The van der Waals surface area contributed by atoms with Gasteiger partial charge in [0.25, 0.3) is 0 Å². The third-order valence-electron chi connectivity index (χ3n) is 8.67. The molecule has 4 fully saturated rings. The molecule has 1 aliphatic heterocycles. The van der Waals surface area contributed by atoms with Gasteiger partial charge in [0, 0.05) is 24.1 Å². The van der Waals surface area contributed by atoms with Gasteiger partial charge < -0.3 is 11.2 Å². The van der Waals surface area contributed by atoms with Crippen LogP contribution in [0.25, 0.3) is 0 Å². The van der Waals surface area contributed by atoms with Gasteiger partial charge >= 0.3 is 0 Å². The van der Waals surface area contributed by atoms with Crippen LogP contribution in [0.2, 0.25) is 0 Å². The highest BCUT2D eigenvalue weighted by Crippen LogP contribution is 2.64. The number of nitrogens with two attached hydrogens (primary N) is 1.